The molecule has 1 aromatic carbocycles. The molecule has 1 fully saturated rings. The predicted octanol–water partition coefficient (Wildman–Crippen LogP) is 0.738. The number of sulfone groups is 1. The van der Waals surface area contributed by atoms with Gasteiger partial charge in [0, 0.05) is 13.1 Å². The number of nitrogens with one attached hydrogen (secondary N) is 1. The Morgan fingerprint density at radius 2 is 2.05 bits per heavy atom. The van der Waals surface area contributed by atoms with Crippen LogP contribution >= 0.6 is 0 Å². The molecule has 2 heterocycles. The second kappa shape index (κ2) is 5.66. The average Bonchev–Trinajstić information content (AvgIpc) is 2.72. The molecule has 22 heavy (non-hydrogen) atoms. The van der Waals surface area contributed by atoms with Crippen LogP contribution in [0.15, 0.2) is 24.3 Å². The van der Waals surface area contributed by atoms with Gasteiger partial charge < -0.3 is 5.32 Å². The van der Waals surface area contributed by atoms with Crippen molar-refractivity contribution in [2.24, 2.45) is 0 Å². The number of carbonyl (C=O) groups is 1. The van der Waals surface area contributed by atoms with Crippen molar-refractivity contribution in [3.8, 4) is 0 Å². The minimum atomic E-state index is -3.00. The highest BCUT2D eigenvalue weighted by atomic mass is 32.2. The van der Waals surface area contributed by atoms with E-state index >= 15 is 0 Å². The van der Waals surface area contributed by atoms with E-state index in [1.807, 2.05) is 19.1 Å². The van der Waals surface area contributed by atoms with E-state index in [9.17, 15) is 13.2 Å². The van der Waals surface area contributed by atoms with Crippen molar-refractivity contribution in [3.63, 3.8) is 0 Å². The summed E-state index contributed by atoms with van der Waals surface area (Å²) in [6.45, 7) is 3.78. The number of hydrogen-bond acceptors (Lipinski definition) is 4. The Labute approximate surface area is 131 Å². The molecule has 0 bridgehead atoms. The maximum absolute atomic E-state index is 12.2. The lowest BCUT2D eigenvalue weighted by atomic mass is 9.99. The molecule has 2 aliphatic heterocycles. The Morgan fingerprint density at radius 1 is 1.32 bits per heavy atom. The molecule has 1 atom stereocenters. The maximum atomic E-state index is 12.2. The number of fused-ring (bicyclic) bond motifs is 1. The van der Waals surface area contributed by atoms with Crippen molar-refractivity contribution in [1.29, 1.82) is 0 Å². The summed E-state index contributed by atoms with van der Waals surface area (Å²) >= 11 is 0. The molecule has 1 aromatic rings. The molecule has 1 amide bonds. The van der Waals surface area contributed by atoms with Crippen LogP contribution in [-0.2, 0) is 27.6 Å². The van der Waals surface area contributed by atoms with Gasteiger partial charge in [-0.3, -0.25) is 9.69 Å². The van der Waals surface area contributed by atoms with Gasteiger partial charge in [0.2, 0.25) is 5.91 Å². The van der Waals surface area contributed by atoms with Crippen molar-refractivity contribution in [1.82, 2.24) is 10.2 Å². The van der Waals surface area contributed by atoms with Crippen LogP contribution < -0.4 is 5.32 Å². The molecule has 120 valence electrons. The number of amides is 1. The summed E-state index contributed by atoms with van der Waals surface area (Å²) in [5.74, 6) is 0.133. The standard InChI is InChI=1S/C16H22N2O3S/c1-16(7-9-22(20,21)12-16)17-15(19)11-18-8-6-13-4-2-3-5-14(13)10-18/h2-5H,6-12H2,1H3,(H,17,19). The van der Waals surface area contributed by atoms with E-state index in [-0.39, 0.29) is 17.4 Å². The fourth-order valence-corrected chi connectivity index (χ4v) is 5.47. The summed E-state index contributed by atoms with van der Waals surface area (Å²) in [5.41, 5.74) is 2.02. The molecule has 0 spiro atoms. The van der Waals surface area contributed by atoms with Crippen LogP contribution in [0.4, 0.5) is 0 Å². The van der Waals surface area contributed by atoms with Gasteiger partial charge in [-0.1, -0.05) is 24.3 Å². The lowest BCUT2D eigenvalue weighted by Crippen LogP contribution is -2.50. The Morgan fingerprint density at radius 3 is 2.73 bits per heavy atom. The van der Waals surface area contributed by atoms with Crippen molar-refractivity contribution < 1.29 is 13.2 Å². The van der Waals surface area contributed by atoms with Crippen LogP contribution in [0.2, 0.25) is 0 Å². The molecule has 3 rings (SSSR count). The highest BCUT2D eigenvalue weighted by Gasteiger charge is 2.39. The SMILES string of the molecule is CC1(NC(=O)CN2CCc3ccccc3C2)CCS(=O)(=O)C1. The Hall–Kier alpha value is -1.40. The zero-order chi connectivity index (χ0) is 15.8. The molecule has 1 N–H and O–H groups in total. The van der Waals surface area contributed by atoms with Crippen molar-refractivity contribution >= 4 is 15.7 Å². The van der Waals surface area contributed by atoms with Crippen LogP contribution in [0.1, 0.15) is 24.5 Å². The first-order chi connectivity index (χ1) is 10.4. The maximum Gasteiger partial charge on any atom is 0.234 e. The predicted molar refractivity (Wildman–Crippen MR) is 85.2 cm³/mol. The summed E-state index contributed by atoms with van der Waals surface area (Å²) < 4.78 is 23.2. The van der Waals surface area contributed by atoms with Crippen LogP contribution in [0.25, 0.3) is 0 Å². The van der Waals surface area contributed by atoms with E-state index in [4.69, 9.17) is 0 Å². The molecule has 1 saturated heterocycles. The van der Waals surface area contributed by atoms with Gasteiger partial charge in [-0.05, 0) is 30.9 Å². The summed E-state index contributed by atoms with van der Waals surface area (Å²) in [6.07, 6.45) is 1.46. The fourth-order valence-electron chi connectivity index (χ4n) is 3.38. The van der Waals surface area contributed by atoms with Gasteiger partial charge in [-0.25, -0.2) is 8.42 Å². The second-order valence-electron chi connectivity index (χ2n) is 6.68. The van der Waals surface area contributed by atoms with Gasteiger partial charge in [0.25, 0.3) is 0 Å². The zero-order valence-electron chi connectivity index (χ0n) is 12.8. The monoisotopic (exact) mass is 322 g/mol. The normalized spacial score (nSPS) is 27.3. The van der Waals surface area contributed by atoms with Crippen LogP contribution in [0.3, 0.4) is 0 Å². The minimum Gasteiger partial charge on any atom is -0.349 e. The van der Waals surface area contributed by atoms with E-state index in [0.29, 0.717) is 13.0 Å². The highest BCUT2D eigenvalue weighted by Crippen LogP contribution is 2.23. The van der Waals surface area contributed by atoms with Gasteiger partial charge in [-0.2, -0.15) is 0 Å². The number of carbonyl (C=O) groups excluding carboxylic acids is 1. The third-order valence-corrected chi connectivity index (χ3v) is 6.42. The summed E-state index contributed by atoms with van der Waals surface area (Å²) in [5, 5.41) is 2.92. The average molecular weight is 322 g/mol. The van der Waals surface area contributed by atoms with Crippen LogP contribution in [0.5, 0.6) is 0 Å². The van der Waals surface area contributed by atoms with E-state index < -0.39 is 15.4 Å². The lowest BCUT2D eigenvalue weighted by molar-refractivity contribution is -0.124. The topological polar surface area (TPSA) is 66.5 Å². The van der Waals surface area contributed by atoms with Gasteiger partial charge in [0.15, 0.2) is 9.84 Å². The summed E-state index contributed by atoms with van der Waals surface area (Å²) in [7, 11) is -3.00. The zero-order valence-corrected chi connectivity index (χ0v) is 13.7. The van der Waals surface area contributed by atoms with Crippen molar-refractivity contribution in [3.05, 3.63) is 35.4 Å². The number of benzene rings is 1. The summed E-state index contributed by atoms with van der Waals surface area (Å²) in [6, 6.07) is 8.30. The molecular weight excluding hydrogens is 300 g/mol. The molecule has 1 unspecified atom stereocenters. The summed E-state index contributed by atoms with van der Waals surface area (Å²) in [4.78, 5) is 14.4. The van der Waals surface area contributed by atoms with E-state index in [1.165, 1.54) is 11.1 Å². The third kappa shape index (κ3) is 3.50. The van der Waals surface area contributed by atoms with Crippen LogP contribution in [-0.4, -0.2) is 49.4 Å². The first-order valence-corrected chi connectivity index (χ1v) is 9.48. The van der Waals surface area contributed by atoms with E-state index in [2.05, 4.69) is 22.3 Å². The first-order valence-electron chi connectivity index (χ1n) is 7.66. The molecule has 0 radical (unpaired) electrons. The van der Waals surface area contributed by atoms with Crippen molar-refractivity contribution in [2.45, 2.75) is 31.8 Å². The highest BCUT2D eigenvalue weighted by molar-refractivity contribution is 7.91. The Balaban J connectivity index is 1.57. The van der Waals surface area contributed by atoms with Gasteiger partial charge >= 0.3 is 0 Å². The van der Waals surface area contributed by atoms with E-state index in [1.54, 1.807) is 0 Å². The fraction of sp³-hybridized carbons (Fsp3) is 0.562. The molecule has 5 nitrogen and oxygen atoms in total. The van der Waals surface area contributed by atoms with Gasteiger partial charge in [0.1, 0.15) is 0 Å². The second-order valence-corrected chi connectivity index (χ2v) is 8.86. The molecule has 2 aliphatic rings. The first kappa shape index (κ1) is 15.5. The Kier molecular flexibility index (Phi) is 3.99. The van der Waals surface area contributed by atoms with Gasteiger partial charge in [-0.15, -0.1) is 0 Å². The largest absolute Gasteiger partial charge is 0.349 e. The van der Waals surface area contributed by atoms with E-state index in [0.717, 1.165) is 19.5 Å². The number of hydrogen-bond donors (Lipinski definition) is 1. The Bertz CT molecular complexity index is 686. The van der Waals surface area contributed by atoms with Crippen molar-refractivity contribution in [2.75, 3.05) is 24.6 Å². The molecule has 0 aliphatic carbocycles. The minimum absolute atomic E-state index is 0.0502. The quantitative estimate of drug-likeness (QED) is 0.891. The third-order valence-electron chi connectivity index (χ3n) is 4.52. The van der Waals surface area contributed by atoms with Gasteiger partial charge in [0.05, 0.1) is 23.6 Å². The molecular formula is C16H22N2O3S. The molecule has 0 aromatic heterocycles. The molecule has 6 heteroatoms. The lowest BCUT2D eigenvalue weighted by Gasteiger charge is -2.30. The van der Waals surface area contributed by atoms with Crippen LogP contribution in [0, 0.1) is 0 Å². The molecule has 0 saturated carbocycles. The number of rotatable bonds is 3. The smallest absolute Gasteiger partial charge is 0.234 e. The number of nitrogens with zero attached hydrogens (tertiary/aromatic N) is 1.